The van der Waals surface area contributed by atoms with Gasteiger partial charge in [0.25, 0.3) is 0 Å². The Morgan fingerprint density at radius 1 is 1.33 bits per heavy atom. The molecule has 1 aliphatic carbocycles. The Hall–Kier alpha value is -1.06. The van der Waals surface area contributed by atoms with E-state index in [4.69, 9.17) is 9.47 Å². The fourth-order valence-corrected chi connectivity index (χ4v) is 1.97. The maximum atomic E-state index is 5.71. The van der Waals surface area contributed by atoms with Gasteiger partial charge in [-0.2, -0.15) is 0 Å². The molecule has 2 rings (SSSR count). The number of rotatable bonds is 8. The second-order valence-corrected chi connectivity index (χ2v) is 4.93. The van der Waals surface area contributed by atoms with Crippen molar-refractivity contribution in [1.29, 1.82) is 0 Å². The van der Waals surface area contributed by atoms with Gasteiger partial charge in [0.2, 0.25) is 0 Å². The van der Waals surface area contributed by atoms with E-state index in [0.29, 0.717) is 12.6 Å². The van der Waals surface area contributed by atoms with Crippen molar-refractivity contribution in [3.05, 3.63) is 29.8 Å². The third kappa shape index (κ3) is 4.31. The summed E-state index contributed by atoms with van der Waals surface area (Å²) in [6.45, 7) is 3.67. The van der Waals surface area contributed by atoms with Crippen molar-refractivity contribution < 1.29 is 9.47 Å². The predicted octanol–water partition coefficient (Wildman–Crippen LogP) is 2.91. The second kappa shape index (κ2) is 6.76. The molecule has 1 unspecified atom stereocenters. The van der Waals surface area contributed by atoms with Crippen LogP contribution in [0.5, 0.6) is 5.75 Å². The van der Waals surface area contributed by atoms with Gasteiger partial charge in [0.1, 0.15) is 5.75 Å². The summed E-state index contributed by atoms with van der Waals surface area (Å²) in [6, 6.07) is 9.49. The van der Waals surface area contributed by atoms with Gasteiger partial charge in [-0.05, 0) is 37.5 Å². The van der Waals surface area contributed by atoms with Gasteiger partial charge in [-0.15, -0.1) is 0 Å². The van der Waals surface area contributed by atoms with Crippen molar-refractivity contribution in [2.24, 2.45) is 0 Å². The lowest BCUT2D eigenvalue weighted by Crippen LogP contribution is -2.20. The van der Waals surface area contributed by atoms with Gasteiger partial charge in [0.05, 0.1) is 6.61 Å². The van der Waals surface area contributed by atoms with Crippen molar-refractivity contribution in [2.75, 3.05) is 20.3 Å². The summed E-state index contributed by atoms with van der Waals surface area (Å²) >= 11 is 0. The quantitative estimate of drug-likeness (QED) is 0.719. The van der Waals surface area contributed by atoms with E-state index in [2.05, 4.69) is 30.4 Å². The van der Waals surface area contributed by atoms with Gasteiger partial charge in [-0.1, -0.05) is 12.1 Å². The number of benzene rings is 1. The zero-order valence-corrected chi connectivity index (χ0v) is 11.3. The molecule has 0 amide bonds. The summed E-state index contributed by atoms with van der Waals surface area (Å²) in [5, 5.41) is 3.60. The third-order valence-electron chi connectivity index (χ3n) is 3.18. The standard InChI is InChI=1S/C15H23NO2/c1-12(16-14-7-8-14)13-5-3-6-15(11-13)18-10-4-9-17-2/h3,5-6,11-12,14,16H,4,7-10H2,1-2H3. The molecule has 18 heavy (non-hydrogen) atoms. The van der Waals surface area contributed by atoms with E-state index in [1.54, 1.807) is 7.11 Å². The van der Waals surface area contributed by atoms with E-state index in [1.165, 1.54) is 18.4 Å². The Balaban J connectivity index is 1.83. The third-order valence-corrected chi connectivity index (χ3v) is 3.18. The summed E-state index contributed by atoms with van der Waals surface area (Å²) in [5.41, 5.74) is 1.30. The van der Waals surface area contributed by atoms with Crippen LogP contribution < -0.4 is 10.1 Å². The minimum Gasteiger partial charge on any atom is -0.493 e. The molecule has 1 N–H and O–H groups in total. The number of ether oxygens (including phenoxy) is 2. The largest absolute Gasteiger partial charge is 0.493 e. The van der Waals surface area contributed by atoms with Gasteiger partial charge < -0.3 is 14.8 Å². The molecule has 3 nitrogen and oxygen atoms in total. The van der Waals surface area contributed by atoms with Crippen molar-refractivity contribution in [2.45, 2.75) is 38.3 Å². The SMILES string of the molecule is COCCCOc1cccc(C(C)NC2CC2)c1. The van der Waals surface area contributed by atoms with Crippen LogP contribution in [0.15, 0.2) is 24.3 Å². The molecule has 0 aromatic heterocycles. The Bertz CT molecular complexity index is 363. The first-order valence-corrected chi connectivity index (χ1v) is 6.77. The van der Waals surface area contributed by atoms with Crippen molar-refractivity contribution in [3.63, 3.8) is 0 Å². The first-order chi connectivity index (χ1) is 8.79. The highest BCUT2D eigenvalue weighted by atomic mass is 16.5. The summed E-state index contributed by atoms with van der Waals surface area (Å²) in [4.78, 5) is 0. The van der Waals surface area contributed by atoms with Crippen molar-refractivity contribution in [1.82, 2.24) is 5.32 Å². The fourth-order valence-electron chi connectivity index (χ4n) is 1.97. The summed E-state index contributed by atoms with van der Waals surface area (Å²) in [7, 11) is 1.71. The Morgan fingerprint density at radius 2 is 2.17 bits per heavy atom. The average molecular weight is 249 g/mol. The molecule has 1 aromatic rings. The maximum Gasteiger partial charge on any atom is 0.119 e. The number of hydrogen-bond donors (Lipinski definition) is 1. The molecule has 0 bridgehead atoms. The van der Waals surface area contributed by atoms with Crippen LogP contribution in [0.25, 0.3) is 0 Å². The van der Waals surface area contributed by atoms with Crippen LogP contribution in [0.4, 0.5) is 0 Å². The first kappa shape index (κ1) is 13.4. The summed E-state index contributed by atoms with van der Waals surface area (Å²) < 4.78 is 10.7. The van der Waals surface area contributed by atoms with Gasteiger partial charge in [-0.25, -0.2) is 0 Å². The molecule has 0 radical (unpaired) electrons. The molecule has 1 aromatic carbocycles. The number of hydrogen-bond acceptors (Lipinski definition) is 3. The number of nitrogens with one attached hydrogen (secondary N) is 1. The minimum atomic E-state index is 0.403. The fraction of sp³-hybridized carbons (Fsp3) is 0.600. The second-order valence-electron chi connectivity index (χ2n) is 4.93. The van der Waals surface area contributed by atoms with E-state index in [1.807, 2.05) is 6.07 Å². The zero-order chi connectivity index (χ0) is 12.8. The van der Waals surface area contributed by atoms with E-state index in [0.717, 1.165) is 24.8 Å². The molecule has 0 spiro atoms. The van der Waals surface area contributed by atoms with Crippen molar-refractivity contribution >= 4 is 0 Å². The predicted molar refractivity (Wildman–Crippen MR) is 73.0 cm³/mol. The normalized spacial score (nSPS) is 16.6. The van der Waals surface area contributed by atoms with Crippen LogP contribution in [0.3, 0.4) is 0 Å². The molecule has 0 saturated heterocycles. The van der Waals surface area contributed by atoms with Gasteiger partial charge in [-0.3, -0.25) is 0 Å². The van der Waals surface area contributed by atoms with Crippen molar-refractivity contribution in [3.8, 4) is 5.75 Å². The van der Waals surface area contributed by atoms with E-state index < -0.39 is 0 Å². The van der Waals surface area contributed by atoms with Gasteiger partial charge in [0, 0.05) is 32.2 Å². The molecule has 1 atom stereocenters. The molecule has 0 aliphatic heterocycles. The van der Waals surface area contributed by atoms with E-state index in [-0.39, 0.29) is 0 Å². The minimum absolute atomic E-state index is 0.403. The van der Waals surface area contributed by atoms with Crippen LogP contribution >= 0.6 is 0 Å². The highest BCUT2D eigenvalue weighted by molar-refractivity contribution is 5.30. The lowest BCUT2D eigenvalue weighted by atomic mass is 10.1. The van der Waals surface area contributed by atoms with Gasteiger partial charge in [0.15, 0.2) is 0 Å². The molecule has 1 aliphatic rings. The highest BCUT2D eigenvalue weighted by Gasteiger charge is 2.23. The molecule has 100 valence electrons. The monoisotopic (exact) mass is 249 g/mol. The molecule has 1 saturated carbocycles. The maximum absolute atomic E-state index is 5.71. The van der Waals surface area contributed by atoms with E-state index >= 15 is 0 Å². The summed E-state index contributed by atoms with van der Waals surface area (Å²) in [5.74, 6) is 0.952. The lowest BCUT2D eigenvalue weighted by molar-refractivity contribution is 0.172. The van der Waals surface area contributed by atoms with Crippen LogP contribution in [-0.4, -0.2) is 26.4 Å². The Labute approximate surface area is 109 Å². The Morgan fingerprint density at radius 3 is 2.89 bits per heavy atom. The van der Waals surface area contributed by atoms with Crippen LogP contribution in [0.1, 0.15) is 37.8 Å². The van der Waals surface area contributed by atoms with Crippen LogP contribution in [0.2, 0.25) is 0 Å². The Kier molecular flexibility index (Phi) is 5.02. The summed E-state index contributed by atoms with van der Waals surface area (Å²) in [6.07, 6.45) is 3.56. The van der Waals surface area contributed by atoms with Gasteiger partial charge >= 0.3 is 0 Å². The van der Waals surface area contributed by atoms with E-state index in [9.17, 15) is 0 Å². The topological polar surface area (TPSA) is 30.5 Å². The first-order valence-electron chi connectivity index (χ1n) is 6.77. The average Bonchev–Trinajstić information content (AvgIpc) is 3.19. The molecule has 3 heteroatoms. The number of methoxy groups -OCH3 is 1. The van der Waals surface area contributed by atoms with Crippen LogP contribution in [-0.2, 0) is 4.74 Å². The molecule has 1 fully saturated rings. The zero-order valence-electron chi connectivity index (χ0n) is 11.3. The molecule has 0 heterocycles. The van der Waals surface area contributed by atoms with Crippen LogP contribution in [0, 0.1) is 0 Å². The highest BCUT2D eigenvalue weighted by Crippen LogP contribution is 2.25. The smallest absolute Gasteiger partial charge is 0.119 e. The molecular formula is C15H23NO2. The lowest BCUT2D eigenvalue weighted by Gasteiger charge is -2.15. The molecular weight excluding hydrogens is 226 g/mol.